The Balaban J connectivity index is 2.08. The van der Waals surface area contributed by atoms with Gasteiger partial charge >= 0.3 is 0 Å². The van der Waals surface area contributed by atoms with E-state index in [1.54, 1.807) is 43.6 Å². The molecule has 2 aromatic rings. The molecule has 2 rings (SSSR count). The number of nitrogens with zero attached hydrogens (tertiary/aromatic N) is 1. The zero-order valence-corrected chi connectivity index (χ0v) is 12.8. The molecule has 2 N–H and O–H groups in total. The molecule has 6 heteroatoms. The van der Waals surface area contributed by atoms with E-state index in [0.717, 1.165) is 0 Å². The van der Waals surface area contributed by atoms with Gasteiger partial charge < -0.3 is 10.4 Å². The molecule has 1 heterocycles. The van der Waals surface area contributed by atoms with E-state index in [9.17, 15) is 9.90 Å². The van der Waals surface area contributed by atoms with Crippen LogP contribution in [0.25, 0.3) is 0 Å². The highest BCUT2D eigenvalue weighted by Crippen LogP contribution is 2.27. The van der Waals surface area contributed by atoms with Gasteiger partial charge in [0.15, 0.2) is 0 Å². The molecule has 0 spiro atoms. The third-order valence-corrected chi connectivity index (χ3v) is 4.26. The van der Waals surface area contributed by atoms with Gasteiger partial charge in [-0.1, -0.05) is 29.8 Å². The molecular formula is C14H15ClN2O2S. The first-order valence-corrected chi connectivity index (χ1v) is 7.33. The average Bonchev–Trinajstić information content (AvgIpc) is 2.83. The van der Waals surface area contributed by atoms with Crippen LogP contribution in [-0.4, -0.2) is 22.5 Å². The molecule has 1 aromatic carbocycles. The van der Waals surface area contributed by atoms with E-state index in [4.69, 9.17) is 11.6 Å². The number of rotatable bonds is 4. The molecule has 0 aliphatic heterocycles. The van der Waals surface area contributed by atoms with Gasteiger partial charge in [-0.05, 0) is 19.9 Å². The summed E-state index contributed by atoms with van der Waals surface area (Å²) < 4.78 is 0. The summed E-state index contributed by atoms with van der Waals surface area (Å²) >= 11 is 7.34. The highest BCUT2D eigenvalue weighted by atomic mass is 35.5. The first-order chi connectivity index (χ1) is 9.42. The van der Waals surface area contributed by atoms with Crippen molar-refractivity contribution < 1.29 is 9.90 Å². The summed E-state index contributed by atoms with van der Waals surface area (Å²) in [4.78, 5) is 16.6. The summed E-state index contributed by atoms with van der Waals surface area (Å²) in [6.07, 6.45) is 0. The summed E-state index contributed by atoms with van der Waals surface area (Å²) in [5, 5.41) is 13.7. The highest BCUT2D eigenvalue weighted by Gasteiger charge is 2.26. The maximum absolute atomic E-state index is 12.0. The van der Waals surface area contributed by atoms with Crippen LogP contribution in [0.2, 0.25) is 5.02 Å². The van der Waals surface area contributed by atoms with Gasteiger partial charge in [0.25, 0.3) is 5.91 Å². The Morgan fingerprint density at radius 3 is 2.80 bits per heavy atom. The number of aromatic nitrogens is 1. The zero-order chi connectivity index (χ0) is 14.8. The predicted octanol–water partition coefficient (Wildman–Crippen LogP) is 2.74. The summed E-state index contributed by atoms with van der Waals surface area (Å²) in [5.74, 6) is -0.239. The molecule has 1 atom stereocenters. The lowest BCUT2D eigenvalue weighted by Gasteiger charge is -2.25. The Bertz CT molecular complexity index is 625. The number of carbonyl (C=O) groups is 1. The fraction of sp³-hybridized carbons (Fsp3) is 0.286. The number of carbonyl (C=O) groups excluding carboxylic acids is 1. The van der Waals surface area contributed by atoms with E-state index in [2.05, 4.69) is 10.3 Å². The number of nitrogens with one attached hydrogen (secondary N) is 1. The number of amides is 1. The van der Waals surface area contributed by atoms with Crippen LogP contribution in [0.5, 0.6) is 0 Å². The maximum Gasteiger partial charge on any atom is 0.263 e. The van der Waals surface area contributed by atoms with Crippen LogP contribution < -0.4 is 5.32 Å². The third kappa shape index (κ3) is 3.17. The minimum atomic E-state index is -1.23. The molecule has 1 aromatic heterocycles. The Labute approximate surface area is 126 Å². The molecule has 1 amide bonds. The zero-order valence-electron chi connectivity index (χ0n) is 11.2. The Morgan fingerprint density at radius 1 is 1.50 bits per heavy atom. The first kappa shape index (κ1) is 15.0. The standard InChI is InChI=1S/C14H15ClN2O2S/c1-9-12(20-8-17-9)13(18)16-7-14(2,19)10-5-3-4-6-11(10)15/h3-6,8,19H,7H2,1-2H3,(H,16,18). The Kier molecular flexibility index (Phi) is 4.42. The lowest BCUT2D eigenvalue weighted by molar-refractivity contribution is 0.0528. The van der Waals surface area contributed by atoms with Crippen molar-refractivity contribution in [2.45, 2.75) is 19.4 Å². The Hall–Kier alpha value is -1.43. The molecule has 0 saturated carbocycles. The normalized spacial score (nSPS) is 13.8. The third-order valence-electron chi connectivity index (χ3n) is 3.00. The van der Waals surface area contributed by atoms with E-state index in [0.29, 0.717) is 21.2 Å². The monoisotopic (exact) mass is 310 g/mol. The van der Waals surface area contributed by atoms with Gasteiger partial charge in [0.1, 0.15) is 10.5 Å². The topological polar surface area (TPSA) is 62.2 Å². The van der Waals surface area contributed by atoms with Crippen LogP contribution in [0.3, 0.4) is 0 Å². The second-order valence-corrected chi connectivity index (χ2v) is 5.97. The van der Waals surface area contributed by atoms with Crippen molar-refractivity contribution in [2.75, 3.05) is 6.54 Å². The van der Waals surface area contributed by atoms with Crippen LogP contribution in [0.4, 0.5) is 0 Å². The molecule has 1 unspecified atom stereocenters. The van der Waals surface area contributed by atoms with Crippen molar-refractivity contribution in [1.82, 2.24) is 10.3 Å². The fourth-order valence-corrected chi connectivity index (χ4v) is 2.90. The van der Waals surface area contributed by atoms with E-state index in [1.165, 1.54) is 11.3 Å². The van der Waals surface area contributed by atoms with Crippen LogP contribution >= 0.6 is 22.9 Å². The summed E-state index contributed by atoms with van der Waals surface area (Å²) in [6, 6.07) is 7.04. The SMILES string of the molecule is Cc1ncsc1C(=O)NCC(C)(O)c1ccccc1Cl. The van der Waals surface area contributed by atoms with E-state index >= 15 is 0 Å². The second kappa shape index (κ2) is 5.91. The number of aryl methyl sites for hydroxylation is 1. The number of halogens is 1. The molecule has 20 heavy (non-hydrogen) atoms. The minimum absolute atomic E-state index is 0.0763. The molecule has 106 valence electrons. The van der Waals surface area contributed by atoms with Gasteiger partial charge in [-0.25, -0.2) is 4.98 Å². The van der Waals surface area contributed by atoms with Gasteiger partial charge in [-0.2, -0.15) is 0 Å². The molecule has 0 bridgehead atoms. The number of thiazole rings is 1. The predicted molar refractivity (Wildman–Crippen MR) is 80.2 cm³/mol. The lowest BCUT2D eigenvalue weighted by Crippen LogP contribution is -2.38. The smallest absolute Gasteiger partial charge is 0.263 e. The lowest BCUT2D eigenvalue weighted by atomic mass is 9.96. The number of benzene rings is 1. The number of hydrogen-bond acceptors (Lipinski definition) is 4. The average molecular weight is 311 g/mol. The van der Waals surface area contributed by atoms with Gasteiger partial charge in [0.05, 0.1) is 17.7 Å². The summed E-state index contributed by atoms with van der Waals surface area (Å²) in [5.41, 5.74) is 1.66. The molecule has 0 aliphatic rings. The molecule has 0 saturated heterocycles. The molecule has 0 fully saturated rings. The largest absolute Gasteiger partial charge is 0.384 e. The van der Waals surface area contributed by atoms with Crippen molar-refractivity contribution in [2.24, 2.45) is 0 Å². The van der Waals surface area contributed by atoms with Crippen molar-refractivity contribution in [3.63, 3.8) is 0 Å². The Morgan fingerprint density at radius 2 is 2.20 bits per heavy atom. The van der Waals surface area contributed by atoms with E-state index < -0.39 is 5.60 Å². The summed E-state index contributed by atoms with van der Waals surface area (Å²) in [7, 11) is 0. The van der Waals surface area contributed by atoms with Crippen molar-refractivity contribution in [3.8, 4) is 0 Å². The van der Waals surface area contributed by atoms with Crippen LogP contribution in [0.1, 0.15) is 27.9 Å². The summed E-state index contributed by atoms with van der Waals surface area (Å²) in [6.45, 7) is 3.47. The van der Waals surface area contributed by atoms with Gasteiger partial charge in [-0.3, -0.25) is 4.79 Å². The molecule has 0 radical (unpaired) electrons. The quantitative estimate of drug-likeness (QED) is 0.912. The minimum Gasteiger partial charge on any atom is -0.384 e. The molecule has 0 aliphatic carbocycles. The molecule has 4 nitrogen and oxygen atoms in total. The van der Waals surface area contributed by atoms with Crippen molar-refractivity contribution in [3.05, 3.63) is 50.9 Å². The van der Waals surface area contributed by atoms with Crippen LogP contribution in [0.15, 0.2) is 29.8 Å². The first-order valence-electron chi connectivity index (χ1n) is 6.07. The van der Waals surface area contributed by atoms with Gasteiger partial charge in [0, 0.05) is 10.6 Å². The number of aliphatic hydroxyl groups is 1. The maximum atomic E-state index is 12.0. The van der Waals surface area contributed by atoms with E-state index in [-0.39, 0.29) is 12.5 Å². The van der Waals surface area contributed by atoms with Gasteiger partial charge in [0.2, 0.25) is 0 Å². The van der Waals surface area contributed by atoms with Crippen molar-refractivity contribution in [1.29, 1.82) is 0 Å². The molecular weight excluding hydrogens is 296 g/mol. The van der Waals surface area contributed by atoms with Gasteiger partial charge in [-0.15, -0.1) is 11.3 Å². The number of hydrogen-bond donors (Lipinski definition) is 2. The van der Waals surface area contributed by atoms with Crippen LogP contribution in [0, 0.1) is 6.92 Å². The van der Waals surface area contributed by atoms with E-state index in [1.807, 2.05) is 0 Å². The van der Waals surface area contributed by atoms with Crippen LogP contribution in [-0.2, 0) is 5.60 Å². The van der Waals surface area contributed by atoms with Crippen molar-refractivity contribution >= 4 is 28.8 Å². The fourth-order valence-electron chi connectivity index (χ4n) is 1.85. The highest BCUT2D eigenvalue weighted by molar-refractivity contribution is 7.11. The second-order valence-electron chi connectivity index (χ2n) is 4.70.